The molecule has 0 radical (unpaired) electrons. The molecule has 0 saturated carbocycles. The van der Waals surface area contributed by atoms with E-state index in [4.69, 9.17) is 0 Å². The number of hydrogen-bond acceptors (Lipinski definition) is 1. The van der Waals surface area contributed by atoms with Crippen LogP contribution in [-0.2, 0) is 6.42 Å². The summed E-state index contributed by atoms with van der Waals surface area (Å²) in [6.07, 6.45) is 8.43. The van der Waals surface area contributed by atoms with E-state index < -0.39 is 0 Å². The number of unbranched alkanes of at least 4 members (excludes halogenated alkanes) is 3. The Bertz CT molecular complexity index is 326. The minimum atomic E-state index is 1.14. The van der Waals surface area contributed by atoms with Crippen LogP contribution in [-0.4, -0.2) is 25.0 Å². The summed E-state index contributed by atoms with van der Waals surface area (Å²) in [5.74, 6) is 0. The summed E-state index contributed by atoms with van der Waals surface area (Å²) in [4.78, 5) is 2.44. The van der Waals surface area contributed by atoms with Crippen molar-refractivity contribution < 1.29 is 0 Å². The maximum absolute atomic E-state index is 3.78. The molecule has 0 atom stereocenters. The third-order valence-electron chi connectivity index (χ3n) is 3.39. The highest BCUT2D eigenvalue weighted by Crippen LogP contribution is 2.07. The lowest BCUT2D eigenvalue weighted by Crippen LogP contribution is -2.22. The molecule has 1 rings (SSSR count). The van der Waals surface area contributed by atoms with E-state index in [9.17, 15) is 0 Å². The van der Waals surface area contributed by atoms with Crippen molar-refractivity contribution in [2.24, 2.45) is 0 Å². The molecular formula is C17H27N. The van der Waals surface area contributed by atoms with Gasteiger partial charge in [-0.05, 0) is 37.6 Å². The maximum Gasteiger partial charge on any atom is 0.00188 e. The molecule has 1 aromatic carbocycles. The fourth-order valence-electron chi connectivity index (χ4n) is 2.06. The van der Waals surface area contributed by atoms with Gasteiger partial charge in [-0.1, -0.05) is 63.1 Å². The fraction of sp³-hybridized carbons (Fsp3) is 0.529. The second-order valence-electron chi connectivity index (χ2n) is 5.06. The summed E-state index contributed by atoms with van der Waals surface area (Å²) >= 11 is 0. The van der Waals surface area contributed by atoms with Gasteiger partial charge in [0.25, 0.3) is 0 Å². The normalized spacial score (nSPS) is 10.8. The number of rotatable bonds is 9. The van der Waals surface area contributed by atoms with Crippen molar-refractivity contribution in [2.75, 3.05) is 20.1 Å². The van der Waals surface area contributed by atoms with Crippen molar-refractivity contribution in [1.29, 1.82) is 0 Å². The van der Waals surface area contributed by atoms with Crippen LogP contribution in [0.5, 0.6) is 0 Å². The number of hydrogen-bond donors (Lipinski definition) is 0. The van der Waals surface area contributed by atoms with Crippen LogP contribution in [0.2, 0.25) is 0 Å². The summed E-state index contributed by atoms with van der Waals surface area (Å²) in [6, 6.07) is 8.71. The number of likely N-dealkylation sites (N-methyl/N-ethyl adjacent to an activating group) is 1. The Balaban J connectivity index is 2.20. The van der Waals surface area contributed by atoms with E-state index in [2.05, 4.69) is 49.7 Å². The van der Waals surface area contributed by atoms with E-state index >= 15 is 0 Å². The first-order chi connectivity index (χ1) is 8.76. The average molecular weight is 245 g/mol. The monoisotopic (exact) mass is 245 g/mol. The Labute approximate surface area is 113 Å². The first kappa shape index (κ1) is 15.0. The highest BCUT2D eigenvalue weighted by molar-refractivity contribution is 5.47. The molecule has 0 fully saturated rings. The van der Waals surface area contributed by atoms with E-state index in [0.29, 0.717) is 0 Å². The molecule has 0 bridgehead atoms. The van der Waals surface area contributed by atoms with E-state index in [1.165, 1.54) is 43.4 Å². The highest BCUT2D eigenvalue weighted by Gasteiger charge is 1.99. The molecule has 18 heavy (non-hydrogen) atoms. The Morgan fingerprint density at radius 3 is 2.39 bits per heavy atom. The molecule has 0 unspecified atom stereocenters. The van der Waals surface area contributed by atoms with Crippen LogP contribution in [0.15, 0.2) is 30.8 Å². The SMILES string of the molecule is C=Cc1ccc(CCN(C)CCCCCC)cc1. The van der Waals surface area contributed by atoms with Crippen molar-refractivity contribution >= 4 is 6.08 Å². The molecule has 0 aliphatic rings. The van der Waals surface area contributed by atoms with Gasteiger partial charge in [-0.15, -0.1) is 0 Å². The lowest BCUT2D eigenvalue weighted by molar-refractivity contribution is 0.328. The predicted molar refractivity (Wildman–Crippen MR) is 81.9 cm³/mol. The average Bonchev–Trinajstić information content (AvgIpc) is 2.42. The van der Waals surface area contributed by atoms with Crippen molar-refractivity contribution in [3.63, 3.8) is 0 Å². The molecule has 0 saturated heterocycles. The van der Waals surface area contributed by atoms with Gasteiger partial charge >= 0.3 is 0 Å². The molecule has 0 N–H and O–H groups in total. The summed E-state index contributed by atoms with van der Waals surface area (Å²) < 4.78 is 0. The molecular weight excluding hydrogens is 218 g/mol. The number of nitrogens with zero attached hydrogens (tertiary/aromatic N) is 1. The van der Waals surface area contributed by atoms with Gasteiger partial charge in [-0.2, -0.15) is 0 Å². The van der Waals surface area contributed by atoms with Gasteiger partial charge in [0.15, 0.2) is 0 Å². The van der Waals surface area contributed by atoms with E-state index in [1.807, 2.05) is 6.08 Å². The van der Waals surface area contributed by atoms with Crippen LogP contribution >= 0.6 is 0 Å². The lowest BCUT2D eigenvalue weighted by Gasteiger charge is -2.16. The van der Waals surface area contributed by atoms with Gasteiger partial charge in [0, 0.05) is 6.54 Å². The Morgan fingerprint density at radius 2 is 1.78 bits per heavy atom. The van der Waals surface area contributed by atoms with Crippen LogP contribution in [0.4, 0.5) is 0 Å². The lowest BCUT2D eigenvalue weighted by atomic mass is 10.1. The zero-order valence-electron chi connectivity index (χ0n) is 12.0. The highest BCUT2D eigenvalue weighted by atomic mass is 15.1. The van der Waals surface area contributed by atoms with Crippen molar-refractivity contribution in [3.05, 3.63) is 42.0 Å². The quantitative estimate of drug-likeness (QED) is 0.583. The largest absolute Gasteiger partial charge is 0.306 e. The molecule has 0 aromatic heterocycles. The maximum atomic E-state index is 3.78. The standard InChI is InChI=1S/C17H27N/c1-4-6-7-8-14-18(3)15-13-17-11-9-16(5-2)10-12-17/h5,9-12H,2,4,6-8,13-15H2,1,3H3. The molecule has 0 spiro atoms. The third kappa shape index (κ3) is 6.02. The van der Waals surface area contributed by atoms with Gasteiger partial charge in [0.05, 0.1) is 0 Å². The van der Waals surface area contributed by atoms with Gasteiger partial charge in [-0.3, -0.25) is 0 Å². The second-order valence-corrected chi connectivity index (χ2v) is 5.06. The zero-order valence-corrected chi connectivity index (χ0v) is 12.0. The molecule has 1 heteroatoms. The molecule has 1 nitrogen and oxygen atoms in total. The van der Waals surface area contributed by atoms with Crippen molar-refractivity contribution in [2.45, 2.75) is 39.0 Å². The summed E-state index contributed by atoms with van der Waals surface area (Å²) in [5.41, 5.74) is 2.62. The first-order valence-electron chi connectivity index (χ1n) is 7.16. The van der Waals surface area contributed by atoms with Gasteiger partial charge in [0.2, 0.25) is 0 Å². The predicted octanol–water partition coefficient (Wildman–Crippen LogP) is 4.38. The van der Waals surface area contributed by atoms with Crippen molar-refractivity contribution in [3.8, 4) is 0 Å². The number of benzene rings is 1. The topological polar surface area (TPSA) is 3.24 Å². The minimum absolute atomic E-state index is 1.14. The third-order valence-corrected chi connectivity index (χ3v) is 3.39. The smallest absolute Gasteiger partial charge is 0.00188 e. The van der Waals surface area contributed by atoms with Gasteiger partial charge in [-0.25, -0.2) is 0 Å². The molecule has 0 heterocycles. The summed E-state index contributed by atoms with van der Waals surface area (Å²) in [7, 11) is 2.23. The molecule has 0 aliphatic carbocycles. The Morgan fingerprint density at radius 1 is 1.06 bits per heavy atom. The van der Waals surface area contributed by atoms with Crippen LogP contribution in [0.3, 0.4) is 0 Å². The van der Waals surface area contributed by atoms with Crippen LogP contribution < -0.4 is 0 Å². The molecule has 0 amide bonds. The van der Waals surface area contributed by atoms with E-state index in [0.717, 1.165) is 13.0 Å². The van der Waals surface area contributed by atoms with Crippen LogP contribution in [0, 0.1) is 0 Å². The summed E-state index contributed by atoms with van der Waals surface area (Å²) in [5, 5.41) is 0. The summed E-state index contributed by atoms with van der Waals surface area (Å²) in [6.45, 7) is 8.42. The minimum Gasteiger partial charge on any atom is -0.306 e. The Kier molecular flexibility index (Phi) is 7.43. The fourth-order valence-corrected chi connectivity index (χ4v) is 2.06. The van der Waals surface area contributed by atoms with E-state index in [1.54, 1.807) is 0 Å². The van der Waals surface area contributed by atoms with Crippen LogP contribution in [0.1, 0.15) is 43.7 Å². The molecule has 1 aromatic rings. The molecule has 0 aliphatic heterocycles. The Hall–Kier alpha value is -1.08. The van der Waals surface area contributed by atoms with Gasteiger partial charge < -0.3 is 4.90 Å². The first-order valence-corrected chi connectivity index (χ1v) is 7.16. The van der Waals surface area contributed by atoms with E-state index in [-0.39, 0.29) is 0 Å². The second kappa shape index (κ2) is 8.93. The van der Waals surface area contributed by atoms with Gasteiger partial charge in [0.1, 0.15) is 0 Å². The van der Waals surface area contributed by atoms with Crippen molar-refractivity contribution in [1.82, 2.24) is 4.90 Å². The van der Waals surface area contributed by atoms with Crippen LogP contribution in [0.25, 0.3) is 6.08 Å². The molecule has 100 valence electrons. The zero-order chi connectivity index (χ0) is 13.2.